The quantitative estimate of drug-likeness (QED) is 0.483. The summed E-state index contributed by atoms with van der Waals surface area (Å²) in [5, 5.41) is 14.4. The average molecular weight is 478 g/mol. The summed E-state index contributed by atoms with van der Waals surface area (Å²) >= 11 is 2.82. The number of benzene rings is 1. The molecule has 164 valence electrons. The second kappa shape index (κ2) is 9.09. The highest BCUT2D eigenvalue weighted by atomic mass is 32.2. The van der Waals surface area contributed by atoms with E-state index in [1.165, 1.54) is 11.8 Å². The fourth-order valence-electron chi connectivity index (χ4n) is 3.73. The van der Waals surface area contributed by atoms with Crippen molar-refractivity contribution in [2.45, 2.75) is 38.0 Å². The summed E-state index contributed by atoms with van der Waals surface area (Å²) in [4.78, 5) is 15.9. The number of thioether (sulfide) groups is 1. The molecule has 31 heavy (non-hydrogen) atoms. The van der Waals surface area contributed by atoms with Crippen LogP contribution in [0, 0.1) is 13.8 Å². The van der Waals surface area contributed by atoms with E-state index >= 15 is 0 Å². The maximum Gasteiger partial charge on any atom is 0.233 e. The largest absolute Gasteiger partial charge is 0.333 e. The molecule has 8 nitrogen and oxygen atoms in total. The van der Waals surface area contributed by atoms with Gasteiger partial charge in [0.05, 0.1) is 29.5 Å². The molecule has 1 unspecified atom stereocenters. The van der Waals surface area contributed by atoms with Crippen molar-refractivity contribution in [3.63, 3.8) is 0 Å². The average Bonchev–Trinajstić information content (AvgIpc) is 3.44. The molecule has 0 aliphatic carbocycles. The molecule has 1 aliphatic rings. The molecule has 2 aromatic heterocycles. The van der Waals surface area contributed by atoms with E-state index < -0.39 is 9.84 Å². The summed E-state index contributed by atoms with van der Waals surface area (Å²) in [7, 11) is -3.10. The zero-order valence-electron chi connectivity index (χ0n) is 17.3. The van der Waals surface area contributed by atoms with Crippen molar-refractivity contribution in [1.82, 2.24) is 25.1 Å². The van der Waals surface area contributed by atoms with Gasteiger partial charge in [-0.15, -0.1) is 16.4 Å². The van der Waals surface area contributed by atoms with E-state index in [9.17, 15) is 13.2 Å². The number of carbonyl (C=O) groups excluding carboxylic acids is 1. The number of hydrogen-bond acceptors (Lipinski definition) is 8. The summed E-state index contributed by atoms with van der Waals surface area (Å²) in [6.07, 6.45) is 0.477. The van der Waals surface area contributed by atoms with Crippen molar-refractivity contribution < 1.29 is 13.2 Å². The molecule has 0 radical (unpaired) electrons. The van der Waals surface area contributed by atoms with Crippen LogP contribution in [-0.4, -0.2) is 62.7 Å². The molecule has 1 saturated heterocycles. The predicted octanol–water partition coefficient (Wildman–Crippen LogP) is 2.65. The van der Waals surface area contributed by atoms with Gasteiger partial charge in [-0.25, -0.2) is 8.42 Å². The Morgan fingerprint density at radius 2 is 2.06 bits per heavy atom. The molecule has 1 atom stereocenters. The molecule has 1 amide bonds. The van der Waals surface area contributed by atoms with Crippen LogP contribution in [0.15, 0.2) is 40.9 Å². The molecule has 11 heteroatoms. The summed E-state index contributed by atoms with van der Waals surface area (Å²) < 4.78 is 25.6. The molecule has 4 rings (SSSR count). The molecule has 0 saturated carbocycles. The second-order valence-corrected chi connectivity index (χ2v) is 11.9. The van der Waals surface area contributed by atoms with Gasteiger partial charge in [0.2, 0.25) is 11.1 Å². The highest BCUT2D eigenvalue weighted by Gasteiger charge is 2.35. The number of hydrogen-bond donors (Lipinski definition) is 0. The lowest BCUT2D eigenvalue weighted by atomic mass is 10.1. The van der Waals surface area contributed by atoms with Crippen LogP contribution >= 0.6 is 23.1 Å². The molecule has 0 spiro atoms. The third-order valence-corrected chi connectivity index (χ3v) is 8.61. The number of nitrogens with zero attached hydrogens (tertiary/aromatic N) is 5. The fourth-order valence-corrected chi connectivity index (χ4v) is 6.94. The number of rotatable bonds is 7. The van der Waals surface area contributed by atoms with Crippen molar-refractivity contribution in [2.75, 3.05) is 17.3 Å². The van der Waals surface area contributed by atoms with Gasteiger partial charge in [-0.2, -0.15) is 4.68 Å². The van der Waals surface area contributed by atoms with E-state index in [1.54, 1.807) is 20.9 Å². The van der Waals surface area contributed by atoms with Crippen LogP contribution in [0.2, 0.25) is 0 Å². The minimum absolute atomic E-state index is 0.0229. The summed E-state index contributed by atoms with van der Waals surface area (Å²) in [6.45, 7) is 4.43. The van der Waals surface area contributed by atoms with Crippen molar-refractivity contribution >= 4 is 38.8 Å². The molecule has 0 N–H and O–H groups in total. The maximum absolute atomic E-state index is 13.2. The molecular weight excluding hydrogens is 454 g/mol. The SMILES string of the molecule is Cc1cc(C)cc(-n2nnnc2SCC(=O)N(Cc2cccs2)C2CCS(=O)(=O)C2)c1. The maximum atomic E-state index is 13.2. The third kappa shape index (κ3) is 5.34. The van der Waals surface area contributed by atoms with E-state index in [1.807, 2.05) is 43.5 Å². The minimum atomic E-state index is -3.10. The van der Waals surface area contributed by atoms with Crippen molar-refractivity contribution in [2.24, 2.45) is 0 Å². The summed E-state index contributed by atoms with van der Waals surface area (Å²) in [6, 6.07) is 9.64. The van der Waals surface area contributed by atoms with Crippen LogP contribution in [0.25, 0.3) is 5.69 Å². The zero-order valence-corrected chi connectivity index (χ0v) is 19.7. The lowest BCUT2D eigenvalue weighted by Gasteiger charge is -2.27. The van der Waals surface area contributed by atoms with Gasteiger partial charge in [0.25, 0.3) is 0 Å². The first-order chi connectivity index (χ1) is 14.8. The van der Waals surface area contributed by atoms with Gasteiger partial charge < -0.3 is 4.90 Å². The number of aryl methyl sites for hydroxylation is 2. The lowest BCUT2D eigenvalue weighted by molar-refractivity contribution is -0.130. The van der Waals surface area contributed by atoms with E-state index in [4.69, 9.17) is 0 Å². The first-order valence-corrected chi connectivity index (χ1v) is 13.5. The Kier molecular flexibility index (Phi) is 6.44. The smallest absolute Gasteiger partial charge is 0.233 e. The molecule has 3 aromatic rings. The number of tetrazole rings is 1. The second-order valence-electron chi connectivity index (χ2n) is 7.67. The van der Waals surface area contributed by atoms with Gasteiger partial charge in [-0.1, -0.05) is 23.9 Å². The number of aromatic nitrogens is 4. The van der Waals surface area contributed by atoms with Crippen molar-refractivity contribution in [1.29, 1.82) is 0 Å². The topological polar surface area (TPSA) is 98.1 Å². The van der Waals surface area contributed by atoms with Crippen molar-refractivity contribution in [3.05, 3.63) is 51.7 Å². The summed E-state index contributed by atoms with van der Waals surface area (Å²) in [5.41, 5.74) is 3.04. The van der Waals surface area contributed by atoms with Gasteiger partial charge in [-0.05, 0) is 65.4 Å². The van der Waals surface area contributed by atoms with Gasteiger partial charge >= 0.3 is 0 Å². The molecule has 1 aliphatic heterocycles. The first-order valence-electron chi connectivity index (χ1n) is 9.83. The molecular formula is C20H23N5O3S3. The Hall–Kier alpha value is -2.24. The Labute approximate surface area is 189 Å². The highest BCUT2D eigenvalue weighted by molar-refractivity contribution is 7.99. The lowest BCUT2D eigenvalue weighted by Crippen LogP contribution is -2.41. The van der Waals surface area contributed by atoms with E-state index in [0.717, 1.165) is 21.7 Å². The third-order valence-electron chi connectivity index (χ3n) is 5.09. The normalized spacial score (nSPS) is 17.7. The standard InChI is InChI=1S/C20H23N5O3S3/c1-14-8-15(2)10-17(9-14)25-20(21-22-23-25)30-12-19(26)24(11-18-4-3-6-29-18)16-5-7-31(27,28)13-16/h3-4,6,8-10,16H,5,7,11-13H2,1-2H3. The Balaban J connectivity index is 1.50. The van der Waals surface area contributed by atoms with Crippen LogP contribution in [0.3, 0.4) is 0 Å². The highest BCUT2D eigenvalue weighted by Crippen LogP contribution is 2.25. The van der Waals surface area contributed by atoms with Gasteiger partial charge in [0, 0.05) is 10.9 Å². The fraction of sp³-hybridized carbons (Fsp3) is 0.400. The monoisotopic (exact) mass is 477 g/mol. The molecule has 3 heterocycles. The molecule has 0 bridgehead atoms. The van der Waals surface area contributed by atoms with Gasteiger partial charge in [0.15, 0.2) is 9.84 Å². The van der Waals surface area contributed by atoms with E-state index in [-0.39, 0.29) is 29.2 Å². The summed E-state index contributed by atoms with van der Waals surface area (Å²) in [5.74, 6) is 0.169. The molecule has 1 fully saturated rings. The number of sulfone groups is 1. The van der Waals surface area contributed by atoms with Crippen LogP contribution in [0.5, 0.6) is 0 Å². The van der Waals surface area contributed by atoms with Crippen LogP contribution in [0.4, 0.5) is 0 Å². The molecule has 1 aromatic carbocycles. The van der Waals surface area contributed by atoms with Crippen LogP contribution < -0.4 is 0 Å². The zero-order chi connectivity index (χ0) is 22.0. The van der Waals surface area contributed by atoms with Gasteiger partial charge in [0.1, 0.15) is 0 Å². The Bertz CT molecular complexity index is 1150. The first kappa shape index (κ1) is 22.0. The van der Waals surface area contributed by atoms with E-state index in [2.05, 4.69) is 21.6 Å². The van der Waals surface area contributed by atoms with Crippen LogP contribution in [-0.2, 0) is 21.2 Å². The number of thiophene rings is 1. The minimum Gasteiger partial charge on any atom is -0.333 e. The number of amides is 1. The predicted molar refractivity (Wildman–Crippen MR) is 121 cm³/mol. The van der Waals surface area contributed by atoms with Crippen LogP contribution in [0.1, 0.15) is 22.4 Å². The Morgan fingerprint density at radius 1 is 1.29 bits per heavy atom. The number of carbonyl (C=O) groups is 1. The van der Waals surface area contributed by atoms with E-state index in [0.29, 0.717) is 18.1 Å². The Morgan fingerprint density at radius 3 is 2.71 bits per heavy atom. The van der Waals surface area contributed by atoms with Gasteiger partial charge in [-0.3, -0.25) is 4.79 Å². The van der Waals surface area contributed by atoms with Crippen molar-refractivity contribution in [3.8, 4) is 5.69 Å².